The largest absolute Gasteiger partial charge is 0.465 e. The number of carbonyl (C=O) groups is 1. The summed E-state index contributed by atoms with van der Waals surface area (Å²) in [6.07, 6.45) is -1.15. The summed E-state index contributed by atoms with van der Waals surface area (Å²) in [6, 6.07) is 9.37. The van der Waals surface area contributed by atoms with Crippen LogP contribution in [0, 0.1) is 17.1 Å². The highest BCUT2D eigenvalue weighted by Crippen LogP contribution is 2.36. The van der Waals surface area contributed by atoms with E-state index in [1.165, 1.54) is 24.3 Å². The first-order valence-electron chi connectivity index (χ1n) is 7.89. The fourth-order valence-electron chi connectivity index (χ4n) is 2.36. The van der Waals surface area contributed by atoms with Crippen molar-refractivity contribution < 1.29 is 19.0 Å². The molecule has 2 aromatic rings. The van der Waals surface area contributed by atoms with Gasteiger partial charge >= 0.3 is 6.09 Å². The molecule has 0 heterocycles. The molecule has 0 radical (unpaired) electrons. The zero-order valence-corrected chi connectivity index (χ0v) is 17.2. The first kappa shape index (κ1) is 21.0. The Hall–Kier alpha value is -2.30. The van der Waals surface area contributed by atoms with E-state index in [4.69, 9.17) is 21.6 Å². The number of nitriles is 1. The number of nitrogens with zero attached hydrogens (tertiary/aromatic N) is 2. The second-order valence-corrected chi connectivity index (χ2v) is 8.07. The molecular formula is C19H17BrClFN2O3. The van der Waals surface area contributed by atoms with Crippen LogP contribution >= 0.6 is 27.5 Å². The van der Waals surface area contributed by atoms with Gasteiger partial charge in [0.25, 0.3) is 0 Å². The van der Waals surface area contributed by atoms with Crippen LogP contribution in [0.4, 0.5) is 9.18 Å². The molecular weight excluding hydrogens is 439 g/mol. The fourth-order valence-corrected chi connectivity index (χ4v) is 2.97. The van der Waals surface area contributed by atoms with Gasteiger partial charge in [-0.3, -0.25) is 4.90 Å². The fraction of sp³-hybridized carbons (Fsp3) is 0.263. The number of hydrogen-bond acceptors (Lipinski definition) is 3. The highest BCUT2D eigenvalue weighted by molar-refractivity contribution is 9.10. The van der Waals surface area contributed by atoms with Gasteiger partial charge in [0.2, 0.25) is 0 Å². The highest BCUT2D eigenvalue weighted by atomic mass is 79.9. The summed E-state index contributed by atoms with van der Waals surface area (Å²) in [5.74, 6) is -0.613. The van der Waals surface area contributed by atoms with Crippen LogP contribution in [0.3, 0.4) is 0 Å². The van der Waals surface area contributed by atoms with E-state index < -0.39 is 17.4 Å². The van der Waals surface area contributed by atoms with Crippen molar-refractivity contribution in [3.63, 3.8) is 0 Å². The van der Waals surface area contributed by atoms with Crippen molar-refractivity contribution >= 4 is 33.6 Å². The lowest BCUT2D eigenvalue weighted by atomic mass is 10.0. The Balaban J connectivity index is 2.42. The summed E-state index contributed by atoms with van der Waals surface area (Å²) >= 11 is 9.19. The molecule has 0 aliphatic heterocycles. The molecule has 0 aliphatic carbocycles. The monoisotopic (exact) mass is 454 g/mol. The third-order valence-corrected chi connectivity index (χ3v) is 4.56. The van der Waals surface area contributed by atoms with Crippen LogP contribution in [-0.2, 0) is 6.54 Å². The van der Waals surface area contributed by atoms with Gasteiger partial charge in [-0.05, 0) is 61.0 Å². The predicted octanol–water partition coefficient (Wildman–Crippen LogP) is 6.18. The molecule has 0 aliphatic rings. The summed E-state index contributed by atoms with van der Waals surface area (Å²) in [6.45, 7) is 5.04. The molecule has 0 spiro atoms. The van der Waals surface area contributed by atoms with Crippen LogP contribution in [0.2, 0.25) is 5.02 Å². The Morgan fingerprint density at radius 2 is 2.04 bits per heavy atom. The maximum Gasteiger partial charge on any atom is 0.408 e. The van der Waals surface area contributed by atoms with Gasteiger partial charge < -0.3 is 9.84 Å². The van der Waals surface area contributed by atoms with Gasteiger partial charge in [-0.2, -0.15) is 5.26 Å². The number of hydrogen-bond donors (Lipinski definition) is 1. The number of ether oxygens (including phenoxy) is 1. The van der Waals surface area contributed by atoms with Gasteiger partial charge in [0, 0.05) is 16.1 Å². The maximum absolute atomic E-state index is 15.0. The lowest BCUT2D eigenvalue weighted by molar-refractivity contribution is 0.0947. The highest BCUT2D eigenvalue weighted by Gasteiger charge is 2.28. The van der Waals surface area contributed by atoms with Gasteiger partial charge in [-0.25, -0.2) is 9.18 Å². The maximum atomic E-state index is 15.0. The number of halogens is 3. The van der Waals surface area contributed by atoms with Gasteiger partial charge in [0.05, 0.1) is 22.7 Å². The predicted molar refractivity (Wildman–Crippen MR) is 104 cm³/mol. The minimum Gasteiger partial charge on any atom is -0.465 e. The van der Waals surface area contributed by atoms with E-state index in [1.807, 2.05) is 6.07 Å². The number of carboxylic acid groups (broad SMARTS) is 1. The van der Waals surface area contributed by atoms with Crippen LogP contribution in [0.15, 0.2) is 34.8 Å². The minimum atomic E-state index is -1.15. The lowest BCUT2D eigenvalue weighted by Crippen LogP contribution is -2.44. The normalized spacial score (nSPS) is 11.0. The Labute approximate surface area is 170 Å². The first-order valence-corrected chi connectivity index (χ1v) is 9.06. The summed E-state index contributed by atoms with van der Waals surface area (Å²) in [5.41, 5.74) is -0.274. The third kappa shape index (κ3) is 5.12. The molecule has 0 aromatic heterocycles. The average Bonchev–Trinajstić information content (AvgIpc) is 2.55. The van der Waals surface area contributed by atoms with Crippen LogP contribution in [-0.4, -0.2) is 21.6 Å². The summed E-state index contributed by atoms with van der Waals surface area (Å²) < 4.78 is 21.0. The van der Waals surface area contributed by atoms with Crippen molar-refractivity contribution in [3.8, 4) is 17.6 Å². The molecule has 0 saturated carbocycles. The molecule has 5 nitrogen and oxygen atoms in total. The van der Waals surface area contributed by atoms with Crippen molar-refractivity contribution in [3.05, 3.63) is 56.8 Å². The molecule has 27 heavy (non-hydrogen) atoms. The Kier molecular flexibility index (Phi) is 6.34. The standard InChI is InChI=1S/C19H17BrClFN2O3/c1-19(2,3)24(18(25)26)10-12-4-5-15(20)17(16(12)22)27-14-7-11(9-23)6-13(21)8-14/h4-8H,10H2,1-3H3,(H,25,26). The van der Waals surface area contributed by atoms with Crippen LogP contribution in [0.5, 0.6) is 11.5 Å². The van der Waals surface area contributed by atoms with Crippen LogP contribution < -0.4 is 4.74 Å². The Morgan fingerprint density at radius 1 is 1.37 bits per heavy atom. The van der Waals surface area contributed by atoms with Gasteiger partial charge in [0.15, 0.2) is 11.6 Å². The van der Waals surface area contributed by atoms with E-state index in [0.29, 0.717) is 4.47 Å². The summed E-state index contributed by atoms with van der Waals surface area (Å²) in [4.78, 5) is 12.7. The first-order chi connectivity index (χ1) is 12.5. The van der Waals surface area contributed by atoms with E-state index >= 15 is 4.39 Å². The second-order valence-electron chi connectivity index (χ2n) is 6.78. The Bertz CT molecular complexity index is 922. The molecule has 0 bridgehead atoms. The van der Waals surface area contributed by atoms with Crippen LogP contribution in [0.25, 0.3) is 0 Å². The molecule has 0 saturated heterocycles. The van der Waals surface area contributed by atoms with Gasteiger partial charge in [-0.15, -0.1) is 0 Å². The van der Waals surface area contributed by atoms with Crippen molar-refractivity contribution in [2.24, 2.45) is 0 Å². The zero-order valence-electron chi connectivity index (χ0n) is 14.9. The Morgan fingerprint density at radius 3 is 2.59 bits per heavy atom. The number of benzene rings is 2. The van der Waals surface area contributed by atoms with E-state index in [2.05, 4.69) is 15.9 Å². The van der Waals surface area contributed by atoms with E-state index in [1.54, 1.807) is 26.8 Å². The van der Waals surface area contributed by atoms with Crippen LogP contribution in [0.1, 0.15) is 31.9 Å². The topological polar surface area (TPSA) is 73.6 Å². The average molecular weight is 456 g/mol. The SMILES string of the molecule is CC(C)(C)N(Cc1ccc(Br)c(Oc2cc(Cl)cc(C#N)c2)c1F)C(=O)O. The van der Waals surface area contributed by atoms with E-state index in [-0.39, 0.29) is 34.2 Å². The molecule has 0 atom stereocenters. The number of amides is 1. The van der Waals surface area contributed by atoms with E-state index in [9.17, 15) is 9.90 Å². The molecule has 0 unspecified atom stereocenters. The van der Waals surface area contributed by atoms with Crippen molar-refractivity contribution in [1.29, 1.82) is 5.26 Å². The summed E-state index contributed by atoms with van der Waals surface area (Å²) in [7, 11) is 0. The lowest BCUT2D eigenvalue weighted by Gasteiger charge is -2.33. The molecule has 2 aromatic carbocycles. The third-order valence-electron chi connectivity index (χ3n) is 3.72. The van der Waals surface area contributed by atoms with Gasteiger partial charge in [-0.1, -0.05) is 17.7 Å². The van der Waals surface area contributed by atoms with E-state index in [0.717, 1.165) is 4.90 Å². The molecule has 0 fully saturated rings. The van der Waals surface area contributed by atoms with Crippen molar-refractivity contribution in [2.75, 3.05) is 0 Å². The van der Waals surface area contributed by atoms with Crippen molar-refractivity contribution in [2.45, 2.75) is 32.9 Å². The molecule has 2 rings (SSSR count). The second kappa shape index (κ2) is 8.15. The minimum absolute atomic E-state index is 0.113. The molecule has 1 N–H and O–H groups in total. The summed E-state index contributed by atoms with van der Waals surface area (Å²) in [5, 5.41) is 18.7. The van der Waals surface area contributed by atoms with Gasteiger partial charge in [0.1, 0.15) is 5.75 Å². The molecule has 142 valence electrons. The number of rotatable bonds is 4. The zero-order chi connectivity index (χ0) is 20.4. The smallest absolute Gasteiger partial charge is 0.408 e. The molecule has 8 heteroatoms. The quantitative estimate of drug-likeness (QED) is 0.597. The van der Waals surface area contributed by atoms with Crippen molar-refractivity contribution in [1.82, 2.24) is 4.90 Å². The molecule has 1 amide bonds.